The molecule has 0 saturated heterocycles. The Kier molecular flexibility index (Phi) is 3.42. The van der Waals surface area contributed by atoms with Gasteiger partial charge in [0.2, 0.25) is 0 Å². The number of hydrogen-bond donors (Lipinski definition) is 0. The number of ketones is 1. The molecule has 1 nitrogen and oxygen atoms in total. The van der Waals surface area contributed by atoms with Crippen LogP contribution in [0.25, 0.3) is 0 Å². The summed E-state index contributed by atoms with van der Waals surface area (Å²) in [4.78, 5) is 11.5. The fourth-order valence-corrected chi connectivity index (χ4v) is 2.96. The molecule has 0 radical (unpaired) electrons. The lowest BCUT2D eigenvalue weighted by molar-refractivity contribution is -0.115. The molecule has 0 atom stereocenters. The molecular formula is C18H14F2O. The van der Waals surface area contributed by atoms with Crippen LogP contribution in [0.1, 0.15) is 24.0 Å². The van der Waals surface area contributed by atoms with Gasteiger partial charge in [-0.15, -0.1) is 0 Å². The largest absolute Gasteiger partial charge is 0.295 e. The van der Waals surface area contributed by atoms with Crippen LogP contribution >= 0.6 is 0 Å². The van der Waals surface area contributed by atoms with Gasteiger partial charge < -0.3 is 0 Å². The topological polar surface area (TPSA) is 17.1 Å². The van der Waals surface area contributed by atoms with Crippen molar-refractivity contribution in [2.75, 3.05) is 0 Å². The fourth-order valence-electron chi connectivity index (χ4n) is 2.96. The maximum absolute atomic E-state index is 14.3. The van der Waals surface area contributed by atoms with E-state index in [1.807, 2.05) is 0 Å². The van der Waals surface area contributed by atoms with Crippen molar-refractivity contribution in [2.24, 2.45) is 0 Å². The number of carbonyl (C=O) groups excluding carboxylic acids is 1. The zero-order chi connectivity index (χ0) is 14.9. The Bertz CT molecular complexity index is 673. The Morgan fingerprint density at radius 3 is 1.81 bits per heavy atom. The van der Waals surface area contributed by atoms with E-state index < -0.39 is 5.41 Å². The predicted molar refractivity (Wildman–Crippen MR) is 77.0 cm³/mol. The quantitative estimate of drug-likeness (QED) is 0.809. The van der Waals surface area contributed by atoms with Crippen molar-refractivity contribution in [3.8, 4) is 0 Å². The highest BCUT2D eigenvalue weighted by Gasteiger charge is 2.38. The van der Waals surface area contributed by atoms with Gasteiger partial charge in [-0.3, -0.25) is 4.79 Å². The van der Waals surface area contributed by atoms with E-state index in [-0.39, 0.29) is 23.8 Å². The van der Waals surface area contributed by atoms with Gasteiger partial charge in [0.25, 0.3) is 0 Å². The highest BCUT2D eigenvalue weighted by molar-refractivity contribution is 5.91. The predicted octanol–water partition coefficient (Wildman–Crippen LogP) is 4.17. The summed E-state index contributed by atoms with van der Waals surface area (Å²) in [7, 11) is 0. The molecule has 3 rings (SSSR count). The van der Waals surface area contributed by atoms with Crippen LogP contribution in [0.5, 0.6) is 0 Å². The first-order valence-electron chi connectivity index (χ1n) is 6.85. The Hall–Kier alpha value is -2.29. The number of halogens is 2. The van der Waals surface area contributed by atoms with E-state index in [1.165, 1.54) is 18.2 Å². The third-order valence-corrected chi connectivity index (χ3v) is 4.03. The van der Waals surface area contributed by atoms with E-state index in [0.717, 1.165) is 0 Å². The summed E-state index contributed by atoms with van der Waals surface area (Å²) in [6.45, 7) is 0. The molecule has 3 heteroatoms. The first-order chi connectivity index (χ1) is 10.1. The molecule has 0 aliphatic heterocycles. The Morgan fingerprint density at radius 2 is 1.38 bits per heavy atom. The van der Waals surface area contributed by atoms with Crippen LogP contribution < -0.4 is 0 Å². The summed E-state index contributed by atoms with van der Waals surface area (Å²) in [5.74, 6) is -0.794. The number of carbonyl (C=O) groups is 1. The van der Waals surface area contributed by atoms with Gasteiger partial charge in [-0.1, -0.05) is 42.5 Å². The zero-order valence-electron chi connectivity index (χ0n) is 11.4. The SMILES string of the molecule is O=C1C=CC(c2ccccc2F)(c2ccccc2F)CC1. The summed E-state index contributed by atoms with van der Waals surface area (Å²) in [6, 6.07) is 12.7. The van der Waals surface area contributed by atoms with Crippen molar-refractivity contribution in [2.45, 2.75) is 18.3 Å². The van der Waals surface area contributed by atoms with Gasteiger partial charge in [0.15, 0.2) is 5.78 Å². The first kappa shape index (κ1) is 13.7. The molecule has 0 amide bonds. The molecule has 0 unspecified atom stereocenters. The van der Waals surface area contributed by atoms with Crippen LogP contribution in [0.2, 0.25) is 0 Å². The minimum Gasteiger partial charge on any atom is -0.295 e. The van der Waals surface area contributed by atoms with Crippen molar-refractivity contribution in [1.82, 2.24) is 0 Å². The molecule has 0 fully saturated rings. The minimum absolute atomic E-state index is 0.0155. The van der Waals surface area contributed by atoms with Crippen LogP contribution in [-0.4, -0.2) is 5.78 Å². The smallest absolute Gasteiger partial charge is 0.155 e. The maximum atomic E-state index is 14.3. The van der Waals surface area contributed by atoms with Gasteiger partial charge in [-0.2, -0.15) is 0 Å². The molecule has 0 N–H and O–H groups in total. The third kappa shape index (κ3) is 2.29. The third-order valence-electron chi connectivity index (χ3n) is 4.03. The molecule has 0 aromatic heterocycles. The second kappa shape index (κ2) is 5.24. The number of hydrogen-bond acceptors (Lipinski definition) is 1. The molecular weight excluding hydrogens is 270 g/mol. The fraction of sp³-hybridized carbons (Fsp3) is 0.167. The van der Waals surface area contributed by atoms with E-state index in [2.05, 4.69) is 0 Å². The normalized spacial score (nSPS) is 17.0. The van der Waals surface area contributed by atoms with E-state index in [1.54, 1.807) is 42.5 Å². The molecule has 0 spiro atoms. The minimum atomic E-state index is -0.926. The molecule has 1 aliphatic carbocycles. The Labute approximate surface area is 121 Å². The lowest BCUT2D eigenvalue weighted by atomic mass is 9.68. The number of allylic oxidation sites excluding steroid dienone is 2. The van der Waals surface area contributed by atoms with Crippen LogP contribution in [0.15, 0.2) is 60.7 Å². The van der Waals surface area contributed by atoms with Gasteiger partial charge in [0, 0.05) is 23.0 Å². The van der Waals surface area contributed by atoms with Gasteiger partial charge in [-0.05, 0) is 24.6 Å². The van der Waals surface area contributed by atoms with E-state index >= 15 is 0 Å². The van der Waals surface area contributed by atoms with Crippen molar-refractivity contribution in [3.63, 3.8) is 0 Å². The second-order valence-corrected chi connectivity index (χ2v) is 5.23. The second-order valence-electron chi connectivity index (χ2n) is 5.23. The highest BCUT2D eigenvalue weighted by atomic mass is 19.1. The van der Waals surface area contributed by atoms with Crippen molar-refractivity contribution < 1.29 is 13.6 Å². The number of benzene rings is 2. The lowest BCUT2D eigenvalue weighted by Crippen LogP contribution is -2.31. The van der Waals surface area contributed by atoms with Gasteiger partial charge in [0.1, 0.15) is 11.6 Å². The number of rotatable bonds is 2. The van der Waals surface area contributed by atoms with Crippen LogP contribution in [0, 0.1) is 11.6 Å². The van der Waals surface area contributed by atoms with E-state index in [9.17, 15) is 13.6 Å². The first-order valence-corrected chi connectivity index (χ1v) is 6.85. The van der Waals surface area contributed by atoms with Crippen molar-refractivity contribution in [1.29, 1.82) is 0 Å². The molecule has 106 valence electrons. The van der Waals surface area contributed by atoms with Crippen molar-refractivity contribution >= 4 is 5.78 Å². The standard InChI is InChI=1S/C18H14F2O/c19-16-7-3-1-5-14(16)18(11-9-13(21)10-12-18)15-6-2-4-8-17(15)20/h1-9,11H,10,12H2. The summed E-state index contributed by atoms with van der Waals surface area (Å²) in [5.41, 5.74) is -0.123. The monoisotopic (exact) mass is 284 g/mol. The van der Waals surface area contributed by atoms with Gasteiger partial charge in [0.05, 0.1) is 0 Å². The maximum Gasteiger partial charge on any atom is 0.155 e. The molecule has 0 heterocycles. The van der Waals surface area contributed by atoms with Crippen LogP contribution in [0.3, 0.4) is 0 Å². The van der Waals surface area contributed by atoms with Crippen LogP contribution in [0.4, 0.5) is 8.78 Å². The van der Waals surface area contributed by atoms with Gasteiger partial charge in [-0.25, -0.2) is 8.78 Å². The lowest BCUT2D eigenvalue weighted by Gasteiger charge is -2.34. The average Bonchev–Trinajstić information content (AvgIpc) is 2.50. The van der Waals surface area contributed by atoms with E-state index in [4.69, 9.17) is 0 Å². The summed E-state index contributed by atoms with van der Waals surface area (Å²) in [5, 5.41) is 0. The summed E-state index contributed by atoms with van der Waals surface area (Å²) < 4.78 is 28.6. The summed E-state index contributed by atoms with van der Waals surface area (Å²) in [6.07, 6.45) is 3.71. The van der Waals surface area contributed by atoms with Gasteiger partial charge >= 0.3 is 0 Å². The molecule has 0 bridgehead atoms. The Balaban J connectivity index is 2.27. The molecule has 1 aliphatic rings. The molecule has 21 heavy (non-hydrogen) atoms. The molecule has 2 aromatic carbocycles. The summed E-state index contributed by atoms with van der Waals surface area (Å²) >= 11 is 0. The van der Waals surface area contributed by atoms with E-state index in [0.29, 0.717) is 17.5 Å². The highest BCUT2D eigenvalue weighted by Crippen LogP contribution is 2.42. The average molecular weight is 284 g/mol. The zero-order valence-corrected chi connectivity index (χ0v) is 11.4. The molecule has 2 aromatic rings. The van der Waals surface area contributed by atoms with Crippen molar-refractivity contribution in [3.05, 3.63) is 83.4 Å². The molecule has 0 saturated carbocycles. The Morgan fingerprint density at radius 1 is 0.857 bits per heavy atom. The van der Waals surface area contributed by atoms with Crippen LogP contribution in [-0.2, 0) is 10.2 Å².